The molecule has 1 atom stereocenters. The van der Waals surface area contributed by atoms with Gasteiger partial charge < -0.3 is 10.2 Å². The molecular formula is C10H19N3O. The van der Waals surface area contributed by atoms with Gasteiger partial charge in [-0.25, -0.2) is 0 Å². The number of amides is 1. The first-order valence-corrected chi connectivity index (χ1v) is 4.96. The van der Waals surface area contributed by atoms with Crippen LogP contribution in [0, 0.1) is 17.2 Å². The van der Waals surface area contributed by atoms with Crippen molar-refractivity contribution in [2.45, 2.75) is 20.3 Å². The Labute approximate surface area is 85.9 Å². The molecule has 1 amide bonds. The fourth-order valence-corrected chi connectivity index (χ4v) is 1.06. The molecule has 0 rings (SSSR count). The van der Waals surface area contributed by atoms with Gasteiger partial charge in [0.1, 0.15) is 0 Å². The van der Waals surface area contributed by atoms with Crippen LogP contribution in [0.3, 0.4) is 0 Å². The molecule has 0 bridgehead atoms. The van der Waals surface area contributed by atoms with Gasteiger partial charge >= 0.3 is 0 Å². The van der Waals surface area contributed by atoms with Crippen molar-refractivity contribution in [1.82, 2.24) is 10.2 Å². The lowest BCUT2D eigenvalue weighted by molar-refractivity contribution is -0.129. The van der Waals surface area contributed by atoms with Gasteiger partial charge in [0.15, 0.2) is 0 Å². The van der Waals surface area contributed by atoms with Crippen LogP contribution in [-0.4, -0.2) is 37.5 Å². The molecule has 0 saturated carbocycles. The molecule has 0 aliphatic rings. The zero-order valence-electron chi connectivity index (χ0n) is 9.21. The largest absolute Gasteiger partial charge is 0.343 e. The van der Waals surface area contributed by atoms with E-state index in [1.54, 1.807) is 11.9 Å². The molecule has 0 aliphatic heterocycles. The molecule has 4 nitrogen and oxygen atoms in total. The van der Waals surface area contributed by atoms with Gasteiger partial charge in [-0.1, -0.05) is 6.92 Å². The summed E-state index contributed by atoms with van der Waals surface area (Å²) in [6.07, 6.45) is 1.02. The molecule has 4 heteroatoms. The van der Waals surface area contributed by atoms with E-state index in [2.05, 4.69) is 18.3 Å². The van der Waals surface area contributed by atoms with Crippen LogP contribution in [0.1, 0.15) is 20.3 Å². The Morgan fingerprint density at radius 3 is 2.79 bits per heavy atom. The van der Waals surface area contributed by atoms with Crippen molar-refractivity contribution in [3.63, 3.8) is 0 Å². The molecule has 0 aromatic rings. The highest BCUT2D eigenvalue weighted by molar-refractivity contribution is 5.77. The van der Waals surface area contributed by atoms with Crippen LogP contribution in [0.15, 0.2) is 0 Å². The van der Waals surface area contributed by atoms with Crippen molar-refractivity contribution in [3.05, 3.63) is 0 Å². The number of carbonyl (C=O) groups excluding carboxylic acids is 1. The summed E-state index contributed by atoms with van der Waals surface area (Å²) in [6.45, 7) is 5.58. The van der Waals surface area contributed by atoms with Crippen molar-refractivity contribution in [2.75, 3.05) is 26.7 Å². The summed E-state index contributed by atoms with van der Waals surface area (Å²) < 4.78 is 0. The molecule has 0 saturated heterocycles. The third-order valence-electron chi connectivity index (χ3n) is 1.90. The Kier molecular flexibility index (Phi) is 6.77. The molecule has 0 aliphatic carbocycles. The minimum absolute atomic E-state index is 0.0422. The van der Waals surface area contributed by atoms with Gasteiger partial charge in [0.05, 0.1) is 18.5 Å². The van der Waals surface area contributed by atoms with Gasteiger partial charge in [-0.05, 0) is 19.9 Å². The van der Waals surface area contributed by atoms with Crippen LogP contribution < -0.4 is 5.32 Å². The van der Waals surface area contributed by atoms with Crippen molar-refractivity contribution < 1.29 is 4.79 Å². The van der Waals surface area contributed by atoms with Crippen LogP contribution in [-0.2, 0) is 4.79 Å². The lowest BCUT2D eigenvalue weighted by atomic mass is 10.2. The van der Waals surface area contributed by atoms with Gasteiger partial charge in [-0.3, -0.25) is 4.79 Å². The summed E-state index contributed by atoms with van der Waals surface area (Å²) in [6, 6.07) is 2.10. The first-order chi connectivity index (χ1) is 6.61. The number of nitriles is 1. The van der Waals surface area contributed by atoms with E-state index >= 15 is 0 Å². The number of nitrogens with zero attached hydrogens (tertiary/aromatic N) is 2. The number of hydrogen-bond donors (Lipinski definition) is 1. The molecule has 0 fully saturated rings. The van der Waals surface area contributed by atoms with E-state index in [0.29, 0.717) is 13.1 Å². The monoisotopic (exact) mass is 197 g/mol. The van der Waals surface area contributed by atoms with Crippen LogP contribution >= 0.6 is 0 Å². The fraction of sp³-hybridized carbons (Fsp3) is 0.800. The van der Waals surface area contributed by atoms with Crippen molar-refractivity contribution in [1.29, 1.82) is 5.26 Å². The lowest BCUT2D eigenvalue weighted by Crippen LogP contribution is -2.37. The van der Waals surface area contributed by atoms with Crippen molar-refractivity contribution in [2.24, 2.45) is 5.92 Å². The van der Waals surface area contributed by atoms with Crippen molar-refractivity contribution in [3.8, 4) is 6.07 Å². The van der Waals surface area contributed by atoms with Crippen molar-refractivity contribution >= 4 is 5.91 Å². The van der Waals surface area contributed by atoms with E-state index in [0.717, 1.165) is 13.0 Å². The zero-order chi connectivity index (χ0) is 11.0. The number of nitrogens with one attached hydrogen (secondary N) is 1. The molecule has 1 unspecified atom stereocenters. The quantitative estimate of drug-likeness (QED) is 0.634. The maximum Gasteiger partial charge on any atom is 0.236 e. The van der Waals surface area contributed by atoms with Crippen LogP contribution in [0.2, 0.25) is 0 Å². The van der Waals surface area contributed by atoms with Crippen LogP contribution in [0.5, 0.6) is 0 Å². The van der Waals surface area contributed by atoms with Gasteiger partial charge in [0.2, 0.25) is 5.91 Å². The van der Waals surface area contributed by atoms with Gasteiger partial charge in [-0.15, -0.1) is 0 Å². The van der Waals surface area contributed by atoms with E-state index in [4.69, 9.17) is 5.26 Å². The molecule has 0 radical (unpaired) electrons. The summed E-state index contributed by atoms with van der Waals surface area (Å²) in [4.78, 5) is 13.0. The maximum atomic E-state index is 11.4. The van der Waals surface area contributed by atoms with E-state index in [1.165, 1.54) is 0 Å². The highest BCUT2D eigenvalue weighted by Gasteiger charge is 2.10. The second kappa shape index (κ2) is 7.34. The highest BCUT2D eigenvalue weighted by atomic mass is 16.2. The van der Waals surface area contributed by atoms with E-state index in [-0.39, 0.29) is 11.8 Å². The summed E-state index contributed by atoms with van der Waals surface area (Å²) in [7, 11) is 1.73. The van der Waals surface area contributed by atoms with E-state index < -0.39 is 0 Å². The first kappa shape index (κ1) is 12.9. The Balaban J connectivity index is 3.71. The average molecular weight is 197 g/mol. The Morgan fingerprint density at radius 2 is 2.29 bits per heavy atom. The molecule has 0 spiro atoms. The predicted molar refractivity (Wildman–Crippen MR) is 55.6 cm³/mol. The van der Waals surface area contributed by atoms with E-state index in [1.807, 2.05) is 6.92 Å². The zero-order valence-corrected chi connectivity index (χ0v) is 9.21. The summed E-state index contributed by atoms with van der Waals surface area (Å²) in [5.41, 5.74) is 0. The molecule has 0 aromatic heterocycles. The lowest BCUT2D eigenvalue weighted by Gasteiger charge is -2.18. The number of hydrogen-bond acceptors (Lipinski definition) is 3. The van der Waals surface area contributed by atoms with Gasteiger partial charge in [0.25, 0.3) is 0 Å². The highest BCUT2D eigenvalue weighted by Crippen LogP contribution is 1.95. The van der Waals surface area contributed by atoms with Gasteiger partial charge in [-0.2, -0.15) is 5.26 Å². The average Bonchev–Trinajstić information content (AvgIpc) is 2.17. The number of carbonyl (C=O) groups is 1. The van der Waals surface area contributed by atoms with Crippen LogP contribution in [0.4, 0.5) is 0 Å². The van der Waals surface area contributed by atoms with E-state index in [9.17, 15) is 4.79 Å². The Bertz CT molecular complexity index is 210. The SMILES string of the molecule is CCCNCC(=O)N(C)CC(C)C#N. The second-order valence-electron chi connectivity index (χ2n) is 3.48. The fourth-order valence-electron chi connectivity index (χ4n) is 1.06. The number of likely N-dealkylation sites (N-methyl/N-ethyl adjacent to an activating group) is 1. The summed E-state index contributed by atoms with van der Waals surface area (Å²) in [5.74, 6) is -0.0596. The van der Waals surface area contributed by atoms with Crippen LogP contribution in [0.25, 0.3) is 0 Å². The molecule has 0 aromatic carbocycles. The minimum Gasteiger partial charge on any atom is -0.343 e. The predicted octanol–water partition coefficient (Wildman–Crippen LogP) is 0.604. The normalized spacial score (nSPS) is 11.9. The standard InChI is InChI=1S/C10H19N3O/c1-4-5-12-7-10(14)13(3)8-9(2)6-11/h9,12H,4-5,7-8H2,1-3H3. The molecule has 80 valence electrons. The minimum atomic E-state index is -0.102. The molecule has 14 heavy (non-hydrogen) atoms. The Hall–Kier alpha value is -1.08. The smallest absolute Gasteiger partial charge is 0.236 e. The third-order valence-corrected chi connectivity index (χ3v) is 1.90. The number of rotatable bonds is 6. The summed E-state index contributed by atoms with van der Waals surface area (Å²) in [5, 5.41) is 11.6. The molecular weight excluding hydrogens is 178 g/mol. The first-order valence-electron chi connectivity index (χ1n) is 4.96. The Morgan fingerprint density at radius 1 is 1.64 bits per heavy atom. The maximum absolute atomic E-state index is 11.4. The topological polar surface area (TPSA) is 56.1 Å². The van der Waals surface area contributed by atoms with Gasteiger partial charge in [0, 0.05) is 13.6 Å². The third kappa shape index (κ3) is 5.55. The second-order valence-corrected chi connectivity index (χ2v) is 3.48. The summed E-state index contributed by atoms with van der Waals surface area (Å²) >= 11 is 0. The molecule has 1 N–H and O–H groups in total. The molecule has 0 heterocycles.